The number of benzene rings is 1. The van der Waals surface area contributed by atoms with Crippen molar-refractivity contribution in [1.29, 1.82) is 0 Å². The first kappa shape index (κ1) is 21.3. The van der Waals surface area contributed by atoms with Gasteiger partial charge in [-0.2, -0.15) is 5.10 Å². The Morgan fingerprint density at radius 3 is 2.15 bits per heavy atom. The maximum atomic E-state index is 11.8. The minimum Gasteiger partial charge on any atom is -0.493 e. The standard InChI is InChI=1S/C18H26N2O6/c1-17(2,3)25-15(21)20-19-11-12-8-9-13(14(10-12)23-7)24-16(22)26-18(4,5)6/h8-11H,1-7H3,(H,20,21). The molecule has 0 aliphatic carbocycles. The highest BCUT2D eigenvalue weighted by Crippen LogP contribution is 2.28. The molecule has 0 heterocycles. The number of rotatable bonds is 4. The number of hydrogen-bond donors (Lipinski definition) is 1. The molecule has 0 saturated carbocycles. The van der Waals surface area contributed by atoms with E-state index >= 15 is 0 Å². The van der Waals surface area contributed by atoms with E-state index in [4.69, 9.17) is 18.9 Å². The van der Waals surface area contributed by atoms with E-state index in [1.807, 2.05) is 0 Å². The zero-order valence-corrected chi connectivity index (χ0v) is 16.2. The average Bonchev–Trinajstić information content (AvgIpc) is 2.44. The molecule has 0 atom stereocenters. The number of methoxy groups -OCH3 is 1. The van der Waals surface area contributed by atoms with Gasteiger partial charge >= 0.3 is 12.2 Å². The van der Waals surface area contributed by atoms with E-state index in [9.17, 15) is 9.59 Å². The van der Waals surface area contributed by atoms with E-state index in [0.717, 1.165) is 0 Å². The predicted octanol–water partition coefficient (Wildman–Crippen LogP) is 3.87. The number of hydrazone groups is 1. The number of nitrogens with zero attached hydrogens (tertiary/aromatic N) is 1. The molecule has 8 nitrogen and oxygen atoms in total. The minimum atomic E-state index is -0.830. The number of hydrogen-bond acceptors (Lipinski definition) is 7. The zero-order valence-electron chi connectivity index (χ0n) is 16.2. The molecule has 0 aliphatic rings. The van der Waals surface area contributed by atoms with E-state index in [1.165, 1.54) is 19.4 Å². The van der Waals surface area contributed by atoms with E-state index in [-0.39, 0.29) is 5.75 Å². The summed E-state index contributed by atoms with van der Waals surface area (Å²) in [5.74, 6) is 0.524. The summed E-state index contributed by atoms with van der Waals surface area (Å²) in [5.41, 5.74) is 1.61. The van der Waals surface area contributed by atoms with Crippen LogP contribution in [-0.4, -0.2) is 36.8 Å². The zero-order chi connectivity index (χ0) is 20.0. The van der Waals surface area contributed by atoms with Crippen molar-refractivity contribution in [2.45, 2.75) is 52.7 Å². The van der Waals surface area contributed by atoms with Crippen LogP contribution in [0, 0.1) is 0 Å². The van der Waals surface area contributed by atoms with E-state index < -0.39 is 23.5 Å². The number of nitrogens with one attached hydrogen (secondary N) is 1. The lowest BCUT2D eigenvalue weighted by Crippen LogP contribution is -2.29. The van der Waals surface area contributed by atoms with Gasteiger partial charge in [-0.3, -0.25) is 0 Å². The molecule has 0 aliphatic heterocycles. The summed E-state index contributed by atoms with van der Waals surface area (Å²) in [7, 11) is 1.44. The molecule has 0 aromatic heterocycles. The Kier molecular flexibility index (Phi) is 7.00. The van der Waals surface area contributed by atoms with E-state index in [1.54, 1.807) is 53.7 Å². The Morgan fingerprint density at radius 1 is 1.00 bits per heavy atom. The molecule has 1 aromatic rings. The van der Waals surface area contributed by atoms with Crippen molar-refractivity contribution in [3.63, 3.8) is 0 Å². The van der Waals surface area contributed by atoms with Gasteiger partial charge < -0.3 is 18.9 Å². The van der Waals surface area contributed by atoms with Crippen LogP contribution < -0.4 is 14.9 Å². The van der Waals surface area contributed by atoms with Crippen molar-refractivity contribution in [1.82, 2.24) is 5.43 Å². The Bertz CT molecular complexity index is 671. The van der Waals surface area contributed by atoms with Gasteiger partial charge in [-0.25, -0.2) is 15.0 Å². The molecule has 0 unspecified atom stereocenters. The molecule has 0 fully saturated rings. The lowest BCUT2D eigenvalue weighted by Gasteiger charge is -2.19. The fraction of sp³-hybridized carbons (Fsp3) is 0.500. The summed E-state index contributed by atoms with van der Waals surface area (Å²) in [6.45, 7) is 10.5. The lowest BCUT2D eigenvalue weighted by molar-refractivity contribution is 0.0200. The van der Waals surface area contributed by atoms with Crippen molar-refractivity contribution >= 4 is 18.5 Å². The van der Waals surface area contributed by atoms with Crippen LogP contribution in [0.25, 0.3) is 0 Å². The Hall–Kier alpha value is -2.77. The summed E-state index contributed by atoms with van der Waals surface area (Å²) in [5, 5.41) is 3.80. The molecule has 0 bridgehead atoms. The normalized spacial score (nSPS) is 11.8. The number of ether oxygens (including phenoxy) is 4. The molecule has 144 valence electrons. The molecule has 1 N–H and O–H groups in total. The van der Waals surface area contributed by atoms with Crippen LogP contribution in [-0.2, 0) is 9.47 Å². The van der Waals surface area contributed by atoms with Gasteiger partial charge in [0.25, 0.3) is 0 Å². The highest BCUT2D eigenvalue weighted by molar-refractivity contribution is 5.82. The highest BCUT2D eigenvalue weighted by Gasteiger charge is 2.19. The topological polar surface area (TPSA) is 95.5 Å². The SMILES string of the molecule is COc1cc(C=NNC(=O)OC(C)(C)C)ccc1OC(=O)OC(C)(C)C. The summed E-state index contributed by atoms with van der Waals surface area (Å²) in [6, 6.07) is 4.78. The monoisotopic (exact) mass is 366 g/mol. The molecule has 1 aromatic carbocycles. The molecular weight excluding hydrogens is 340 g/mol. The third-order valence-corrected chi connectivity index (χ3v) is 2.54. The molecule has 0 spiro atoms. The van der Waals surface area contributed by atoms with Crippen molar-refractivity contribution < 1.29 is 28.5 Å². The third-order valence-electron chi connectivity index (χ3n) is 2.54. The van der Waals surface area contributed by atoms with Gasteiger partial charge in [-0.05, 0) is 65.3 Å². The second-order valence-corrected chi connectivity index (χ2v) is 7.35. The Balaban J connectivity index is 2.75. The minimum absolute atomic E-state index is 0.207. The summed E-state index contributed by atoms with van der Waals surface area (Å²) >= 11 is 0. The first-order valence-corrected chi connectivity index (χ1v) is 8.00. The van der Waals surface area contributed by atoms with Crippen LogP contribution in [0.1, 0.15) is 47.1 Å². The van der Waals surface area contributed by atoms with Crippen molar-refractivity contribution in [3.05, 3.63) is 23.8 Å². The molecule has 0 saturated heterocycles. The van der Waals surface area contributed by atoms with Gasteiger partial charge in [-0.15, -0.1) is 0 Å². The molecule has 1 rings (SSSR count). The number of amides is 1. The van der Waals surface area contributed by atoms with Gasteiger partial charge in [-0.1, -0.05) is 0 Å². The second-order valence-electron chi connectivity index (χ2n) is 7.35. The van der Waals surface area contributed by atoms with Crippen molar-refractivity contribution in [2.75, 3.05) is 7.11 Å². The van der Waals surface area contributed by atoms with Gasteiger partial charge in [0.15, 0.2) is 11.5 Å². The molecule has 8 heteroatoms. The maximum absolute atomic E-state index is 11.8. The van der Waals surface area contributed by atoms with Crippen LogP contribution in [0.2, 0.25) is 0 Å². The quantitative estimate of drug-likeness (QED) is 0.376. The summed E-state index contributed by atoms with van der Waals surface area (Å²) in [4.78, 5) is 23.3. The first-order chi connectivity index (χ1) is 11.9. The first-order valence-electron chi connectivity index (χ1n) is 8.00. The average molecular weight is 366 g/mol. The largest absolute Gasteiger partial charge is 0.514 e. The molecule has 26 heavy (non-hydrogen) atoms. The highest BCUT2D eigenvalue weighted by atomic mass is 16.7. The predicted molar refractivity (Wildman–Crippen MR) is 96.8 cm³/mol. The van der Waals surface area contributed by atoms with Gasteiger partial charge in [0.05, 0.1) is 13.3 Å². The van der Waals surface area contributed by atoms with E-state index in [2.05, 4.69) is 10.5 Å². The number of carbonyl (C=O) groups is 2. The lowest BCUT2D eigenvalue weighted by atomic mass is 10.2. The number of carbonyl (C=O) groups excluding carboxylic acids is 2. The summed E-state index contributed by atoms with van der Waals surface area (Å²) in [6.07, 6.45) is -0.0848. The Morgan fingerprint density at radius 2 is 1.62 bits per heavy atom. The van der Waals surface area contributed by atoms with Crippen LogP contribution >= 0.6 is 0 Å². The van der Waals surface area contributed by atoms with Gasteiger partial charge in [0, 0.05) is 0 Å². The second kappa shape index (κ2) is 8.55. The van der Waals surface area contributed by atoms with Crippen LogP contribution in [0.15, 0.2) is 23.3 Å². The van der Waals surface area contributed by atoms with Crippen LogP contribution in [0.5, 0.6) is 11.5 Å². The fourth-order valence-electron chi connectivity index (χ4n) is 1.67. The molecule has 1 amide bonds. The smallest absolute Gasteiger partial charge is 0.493 e. The maximum Gasteiger partial charge on any atom is 0.514 e. The summed E-state index contributed by atoms with van der Waals surface area (Å²) < 4.78 is 20.5. The third kappa shape index (κ3) is 8.36. The van der Waals surface area contributed by atoms with Crippen molar-refractivity contribution in [3.8, 4) is 11.5 Å². The van der Waals surface area contributed by atoms with E-state index in [0.29, 0.717) is 11.3 Å². The van der Waals surface area contributed by atoms with Crippen LogP contribution in [0.4, 0.5) is 9.59 Å². The Labute approximate surface area is 153 Å². The fourth-order valence-corrected chi connectivity index (χ4v) is 1.67. The molecule has 0 radical (unpaired) electrons. The van der Waals surface area contributed by atoms with Crippen molar-refractivity contribution in [2.24, 2.45) is 5.10 Å². The van der Waals surface area contributed by atoms with Gasteiger partial charge in [0.2, 0.25) is 0 Å². The van der Waals surface area contributed by atoms with Crippen LogP contribution in [0.3, 0.4) is 0 Å². The molecular formula is C18H26N2O6. The van der Waals surface area contributed by atoms with Gasteiger partial charge in [0.1, 0.15) is 11.2 Å².